The molecule has 0 unspecified atom stereocenters. The summed E-state index contributed by atoms with van der Waals surface area (Å²) in [6.45, 7) is 6.19. The number of amides is 1. The number of furan rings is 1. The molecule has 0 saturated carbocycles. The smallest absolute Gasteiger partial charge is 0.289 e. The van der Waals surface area contributed by atoms with Crippen molar-refractivity contribution >= 4 is 5.91 Å². The molecule has 0 spiro atoms. The average molecular weight is 561 g/mol. The Morgan fingerprint density at radius 3 is 2.15 bits per heavy atom. The third kappa shape index (κ3) is 5.18. The van der Waals surface area contributed by atoms with Gasteiger partial charge in [0, 0.05) is 44.0 Å². The lowest BCUT2D eigenvalue weighted by molar-refractivity contribution is 0.0593. The van der Waals surface area contributed by atoms with Gasteiger partial charge in [0.15, 0.2) is 11.5 Å². The van der Waals surface area contributed by atoms with Crippen LogP contribution in [0.15, 0.2) is 46.9 Å². The van der Waals surface area contributed by atoms with Crippen LogP contribution in [0.2, 0.25) is 0 Å². The molecule has 1 aliphatic rings. The van der Waals surface area contributed by atoms with E-state index >= 15 is 0 Å². The van der Waals surface area contributed by atoms with Crippen molar-refractivity contribution in [1.82, 2.24) is 19.6 Å². The molecule has 12 heteroatoms. The Hall–Kier alpha value is -4.19. The number of piperazine rings is 1. The van der Waals surface area contributed by atoms with Crippen LogP contribution in [0.25, 0.3) is 5.69 Å². The number of carbonyl (C=O) groups is 1. The fraction of sp³-hybridized carbons (Fsp3) is 0.286. The van der Waals surface area contributed by atoms with Gasteiger partial charge in [-0.25, -0.2) is 17.9 Å². The first-order chi connectivity index (χ1) is 19.2. The molecule has 0 N–H and O–H groups in total. The van der Waals surface area contributed by atoms with Crippen molar-refractivity contribution in [3.8, 4) is 11.4 Å². The maximum absolute atomic E-state index is 13.8. The van der Waals surface area contributed by atoms with E-state index in [0.717, 1.165) is 22.6 Å². The van der Waals surface area contributed by atoms with E-state index in [2.05, 4.69) is 4.90 Å². The SMILES string of the molecule is Cc1nn(-c2ccccc2)c(C)c1CN1CCN(C(=O)c2ccc(COc3c(F)c(F)c(F)c(F)c3F)o2)CC1. The van der Waals surface area contributed by atoms with Crippen LogP contribution in [0.5, 0.6) is 5.75 Å². The van der Waals surface area contributed by atoms with Crippen molar-refractivity contribution < 1.29 is 35.9 Å². The van der Waals surface area contributed by atoms with Gasteiger partial charge in [-0.2, -0.15) is 13.9 Å². The molecule has 2 aromatic heterocycles. The van der Waals surface area contributed by atoms with Crippen LogP contribution in [-0.2, 0) is 13.2 Å². The Morgan fingerprint density at radius 1 is 0.875 bits per heavy atom. The quantitative estimate of drug-likeness (QED) is 0.174. The summed E-state index contributed by atoms with van der Waals surface area (Å²) in [5.74, 6) is -12.5. The van der Waals surface area contributed by atoms with Gasteiger partial charge in [-0.15, -0.1) is 0 Å². The average Bonchev–Trinajstić information content (AvgIpc) is 3.56. The van der Waals surface area contributed by atoms with Crippen LogP contribution in [0.1, 0.15) is 33.3 Å². The second-order valence-electron chi connectivity index (χ2n) is 9.42. The number of carbonyl (C=O) groups excluding carboxylic acids is 1. The highest BCUT2D eigenvalue weighted by molar-refractivity contribution is 5.91. The maximum atomic E-state index is 13.8. The molecule has 1 aliphatic heterocycles. The van der Waals surface area contributed by atoms with E-state index in [0.29, 0.717) is 32.7 Å². The monoisotopic (exact) mass is 560 g/mol. The summed E-state index contributed by atoms with van der Waals surface area (Å²) in [5, 5.41) is 4.69. The van der Waals surface area contributed by atoms with Crippen molar-refractivity contribution in [3.63, 3.8) is 0 Å². The lowest BCUT2D eigenvalue weighted by Gasteiger charge is -2.34. The molecule has 40 heavy (non-hydrogen) atoms. The molecule has 5 rings (SSSR count). The highest BCUT2D eigenvalue weighted by Crippen LogP contribution is 2.30. The number of ether oxygens (including phenoxy) is 1. The summed E-state index contributed by atoms with van der Waals surface area (Å²) in [6.07, 6.45) is 0. The highest BCUT2D eigenvalue weighted by atomic mass is 19.2. The molecule has 1 fully saturated rings. The number of hydrogen-bond donors (Lipinski definition) is 0. The summed E-state index contributed by atoms with van der Waals surface area (Å²) in [4.78, 5) is 16.8. The molecule has 1 amide bonds. The first-order valence-electron chi connectivity index (χ1n) is 12.5. The van der Waals surface area contributed by atoms with E-state index < -0.39 is 41.4 Å². The molecular formula is C28H25F5N4O3. The van der Waals surface area contributed by atoms with Crippen molar-refractivity contribution in [2.24, 2.45) is 0 Å². The fourth-order valence-corrected chi connectivity index (χ4v) is 4.64. The Balaban J connectivity index is 1.18. The minimum atomic E-state index is -2.28. The van der Waals surface area contributed by atoms with Gasteiger partial charge in [0.1, 0.15) is 12.4 Å². The van der Waals surface area contributed by atoms with Crippen LogP contribution in [0.4, 0.5) is 22.0 Å². The number of para-hydroxylation sites is 1. The summed E-state index contributed by atoms with van der Waals surface area (Å²) in [6, 6.07) is 12.6. The topological polar surface area (TPSA) is 63.7 Å². The van der Waals surface area contributed by atoms with E-state index in [9.17, 15) is 26.7 Å². The molecule has 7 nitrogen and oxygen atoms in total. The molecule has 3 heterocycles. The minimum Gasteiger partial charge on any atom is -0.479 e. The van der Waals surface area contributed by atoms with Crippen LogP contribution < -0.4 is 4.74 Å². The van der Waals surface area contributed by atoms with E-state index in [4.69, 9.17) is 14.3 Å². The van der Waals surface area contributed by atoms with Crippen LogP contribution in [0.3, 0.4) is 0 Å². The number of benzene rings is 2. The standard InChI is InChI=1S/C28H25F5N4O3/c1-16-20(17(2)37(34-16)18-6-4-3-5-7-18)14-35-10-12-36(13-11-35)28(38)21-9-8-19(40-21)15-39-27-25(32)23(30)22(29)24(31)26(27)33/h3-9H,10-15H2,1-2H3. The van der Waals surface area contributed by atoms with Crippen molar-refractivity contribution in [3.05, 3.63) is 100 Å². The highest BCUT2D eigenvalue weighted by Gasteiger charge is 2.28. The van der Waals surface area contributed by atoms with E-state index in [1.54, 1.807) is 4.90 Å². The number of aromatic nitrogens is 2. The Morgan fingerprint density at radius 2 is 1.50 bits per heavy atom. The third-order valence-corrected chi connectivity index (χ3v) is 6.88. The van der Waals surface area contributed by atoms with Gasteiger partial charge in [0.05, 0.1) is 11.4 Å². The van der Waals surface area contributed by atoms with Crippen molar-refractivity contribution in [1.29, 1.82) is 0 Å². The lowest BCUT2D eigenvalue weighted by Crippen LogP contribution is -2.48. The molecule has 210 valence electrons. The van der Waals surface area contributed by atoms with Gasteiger partial charge in [-0.1, -0.05) is 18.2 Å². The zero-order chi connectivity index (χ0) is 28.6. The number of hydrogen-bond acceptors (Lipinski definition) is 5. The van der Waals surface area contributed by atoms with E-state index in [1.165, 1.54) is 12.1 Å². The molecule has 0 aliphatic carbocycles. The summed E-state index contributed by atoms with van der Waals surface area (Å²) < 4.78 is 79.8. The fourth-order valence-electron chi connectivity index (χ4n) is 4.64. The summed E-state index contributed by atoms with van der Waals surface area (Å²) in [5.41, 5.74) is 4.11. The van der Waals surface area contributed by atoms with E-state index in [1.807, 2.05) is 48.9 Å². The number of nitrogens with zero attached hydrogens (tertiary/aromatic N) is 4. The van der Waals surface area contributed by atoms with Gasteiger partial charge in [0.25, 0.3) is 5.91 Å². The lowest BCUT2D eigenvalue weighted by atomic mass is 10.1. The zero-order valence-corrected chi connectivity index (χ0v) is 21.7. The largest absolute Gasteiger partial charge is 0.479 e. The Kier molecular flexibility index (Phi) is 7.61. The van der Waals surface area contributed by atoms with Crippen molar-refractivity contribution in [2.45, 2.75) is 27.0 Å². The molecule has 4 aromatic rings. The minimum absolute atomic E-state index is 0.0210. The second-order valence-corrected chi connectivity index (χ2v) is 9.42. The Bertz CT molecular complexity index is 1520. The number of aryl methyl sites for hydroxylation is 1. The Labute approximate surface area is 226 Å². The molecule has 0 bridgehead atoms. The number of rotatable bonds is 7. The molecule has 2 aromatic carbocycles. The molecule has 1 saturated heterocycles. The van der Waals surface area contributed by atoms with Crippen LogP contribution >= 0.6 is 0 Å². The van der Waals surface area contributed by atoms with Crippen LogP contribution in [-0.4, -0.2) is 51.7 Å². The number of halogens is 5. The third-order valence-electron chi connectivity index (χ3n) is 6.88. The predicted octanol–water partition coefficient (Wildman–Crippen LogP) is 5.31. The maximum Gasteiger partial charge on any atom is 0.289 e. The second kappa shape index (κ2) is 11.1. The molecule has 0 atom stereocenters. The van der Waals surface area contributed by atoms with E-state index in [-0.39, 0.29) is 17.4 Å². The zero-order valence-electron chi connectivity index (χ0n) is 21.7. The summed E-state index contributed by atoms with van der Waals surface area (Å²) in [7, 11) is 0. The van der Waals surface area contributed by atoms with Gasteiger partial charge in [-0.3, -0.25) is 9.69 Å². The molecular weight excluding hydrogens is 535 g/mol. The van der Waals surface area contributed by atoms with Gasteiger partial charge >= 0.3 is 0 Å². The van der Waals surface area contributed by atoms with Crippen LogP contribution in [0, 0.1) is 42.9 Å². The normalized spacial score (nSPS) is 14.1. The van der Waals surface area contributed by atoms with Gasteiger partial charge in [0.2, 0.25) is 29.1 Å². The predicted molar refractivity (Wildman–Crippen MR) is 133 cm³/mol. The first-order valence-corrected chi connectivity index (χ1v) is 12.5. The van der Waals surface area contributed by atoms with Crippen molar-refractivity contribution in [2.75, 3.05) is 26.2 Å². The van der Waals surface area contributed by atoms with Gasteiger partial charge in [-0.05, 0) is 38.1 Å². The first kappa shape index (κ1) is 27.4. The molecule has 0 radical (unpaired) electrons. The summed E-state index contributed by atoms with van der Waals surface area (Å²) >= 11 is 0. The van der Waals surface area contributed by atoms with Gasteiger partial charge < -0.3 is 14.1 Å².